The van der Waals surface area contributed by atoms with E-state index in [1.54, 1.807) is 11.3 Å². The third-order valence-corrected chi connectivity index (χ3v) is 11.9. The molecule has 2 aliphatic carbocycles. The molecule has 4 aliphatic rings. The van der Waals surface area contributed by atoms with Crippen molar-refractivity contribution in [2.24, 2.45) is 5.92 Å². The zero-order valence-corrected chi connectivity index (χ0v) is 26.2. The van der Waals surface area contributed by atoms with Crippen LogP contribution in [-0.4, -0.2) is 74.2 Å². The monoisotopic (exact) mass is 613 g/mol. The molecule has 0 aromatic carbocycles. The van der Waals surface area contributed by atoms with Crippen molar-refractivity contribution in [3.8, 4) is 17.6 Å². The van der Waals surface area contributed by atoms with Gasteiger partial charge in [-0.05, 0) is 83.9 Å². The van der Waals surface area contributed by atoms with Gasteiger partial charge < -0.3 is 25.2 Å². The quantitative estimate of drug-likeness (QED) is 0.331. The van der Waals surface area contributed by atoms with Gasteiger partial charge in [-0.3, -0.25) is 0 Å². The van der Waals surface area contributed by atoms with Crippen LogP contribution in [-0.2, 0) is 18.3 Å². The van der Waals surface area contributed by atoms with Crippen molar-refractivity contribution >= 4 is 33.2 Å². The molecule has 6 heterocycles. The lowest BCUT2D eigenvalue weighted by Crippen LogP contribution is -2.35. The average Bonchev–Trinajstić information content (AvgIpc) is 3.86. The van der Waals surface area contributed by atoms with E-state index in [4.69, 9.17) is 30.5 Å². The molecular weight excluding hydrogens is 574 g/mol. The minimum Gasteiger partial charge on any atom is -0.396 e. The molecule has 0 radical (unpaired) electrons. The van der Waals surface area contributed by atoms with Gasteiger partial charge in [-0.2, -0.15) is 10.4 Å². The number of aryl methyl sites for hydroxylation is 1. The van der Waals surface area contributed by atoms with Gasteiger partial charge >= 0.3 is 0 Å². The Balaban J connectivity index is 1.29. The summed E-state index contributed by atoms with van der Waals surface area (Å²) in [5.74, 6) is 2.48. The zero-order valence-electron chi connectivity index (χ0n) is 25.4. The van der Waals surface area contributed by atoms with Crippen molar-refractivity contribution in [1.82, 2.24) is 29.8 Å². The van der Waals surface area contributed by atoms with Gasteiger partial charge in [-0.25, -0.2) is 14.6 Å². The number of thiophene rings is 1. The summed E-state index contributed by atoms with van der Waals surface area (Å²) in [6.07, 6.45) is 10.7. The molecule has 4 aromatic rings. The van der Waals surface area contributed by atoms with Gasteiger partial charge in [0.25, 0.3) is 0 Å². The molecular formula is C32H39N9O2S. The fraction of sp³-hybridized carbons (Fsp3) is 0.594. The molecule has 2 aliphatic heterocycles. The van der Waals surface area contributed by atoms with Gasteiger partial charge in [-0.15, -0.1) is 11.3 Å². The normalized spacial score (nSPS) is 25.9. The summed E-state index contributed by atoms with van der Waals surface area (Å²) in [6.45, 7) is 5.06. The molecule has 0 unspecified atom stereocenters. The topological polar surface area (TPSA) is 146 Å². The smallest absolute Gasteiger partial charge is 0.186 e. The summed E-state index contributed by atoms with van der Waals surface area (Å²) >= 11 is 1.55. The Morgan fingerprint density at radius 1 is 1.20 bits per heavy atom. The van der Waals surface area contributed by atoms with Gasteiger partial charge in [0.2, 0.25) is 0 Å². The summed E-state index contributed by atoms with van der Waals surface area (Å²) in [5, 5.41) is 31.1. The molecule has 3 N–H and O–H groups in total. The van der Waals surface area contributed by atoms with E-state index in [1.807, 2.05) is 6.20 Å². The van der Waals surface area contributed by atoms with Crippen molar-refractivity contribution in [2.45, 2.75) is 82.2 Å². The van der Waals surface area contributed by atoms with E-state index >= 15 is 0 Å². The SMILES string of the molecule is C[C@@H]([C@@H]1CCCN1C)n1ncc2c(N3CC[C@H](CO)C3)nc(-c3noc4c3CCC[C@@]43CCCc4sc(N)c(C#N)c43)nc21. The maximum atomic E-state index is 10.1. The number of likely N-dealkylation sites (tertiary alicyclic amines) is 1. The van der Waals surface area contributed by atoms with E-state index in [0.29, 0.717) is 28.1 Å². The van der Waals surface area contributed by atoms with E-state index in [1.165, 1.54) is 11.3 Å². The van der Waals surface area contributed by atoms with Crippen LogP contribution >= 0.6 is 11.3 Å². The van der Waals surface area contributed by atoms with Gasteiger partial charge in [-0.1, -0.05) is 5.16 Å². The number of hydrogen-bond donors (Lipinski definition) is 2. The van der Waals surface area contributed by atoms with E-state index in [2.05, 4.69) is 34.5 Å². The van der Waals surface area contributed by atoms with Crippen LogP contribution in [0.25, 0.3) is 22.6 Å². The van der Waals surface area contributed by atoms with Crippen molar-refractivity contribution in [3.05, 3.63) is 33.5 Å². The van der Waals surface area contributed by atoms with Gasteiger partial charge in [0.05, 0.1) is 28.6 Å². The summed E-state index contributed by atoms with van der Waals surface area (Å²) in [6, 6.07) is 2.94. The first-order valence-corrected chi connectivity index (χ1v) is 16.9. The number of aromatic nitrogens is 5. The zero-order chi connectivity index (χ0) is 30.2. The number of fused-ring (bicyclic) bond motifs is 5. The van der Waals surface area contributed by atoms with Crippen LogP contribution in [0.15, 0.2) is 10.7 Å². The Hall–Kier alpha value is -3.53. The molecule has 44 heavy (non-hydrogen) atoms. The third-order valence-electron chi connectivity index (χ3n) is 10.9. The highest BCUT2D eigenvalue weighted by atomic mass is 32.1. The van der Waals surface area contributed by atoms with Crippen LogP contribution in [0, 0.1) is 17.2 Å². The van der Waals surface area contributed by atoms with Crippen LogP contribution in [0.3, 0.4) is 0 Å². The van der Waals surface area contributed by atoms with E-state index < -0.39 is 5.41 Å². The molecule has 11 nitrogen and oxygen atoms in total. The van der Waals surface area contributed by atoms with E-state index in [9.17, 15) is 10.4 Å². The van der Waals surface area contributed by atoms with Crippen LogP contribution in [0.2, 0.25) is 0 Å². The van der Waals surface area contributed by atoms with Gasteiger partial charge in [0, 0.05) is 42.1 Å². The Morgan fingerprint density at radius 3 is 2.80 bits per heavy atom. The molecule has 230 valence electrons. The summed E-state index contributed by atoms with van der Waals surface area (Å²) < 4.78 is 8.39. The molecule has 1 spiro atoms. The Bertz CT molecular complexity index is 1780. The van der Waals surface area contributed by atoms with Crippen molar-refractivity contribution in [1.29, 1.82) is 5.26 Å². The second kappa shape index (κ2) is 10.5. The summed E-state index contributed by atoms with van der Waals surface area (Å²) in [5.41, 5.74) is 10.2. The number of nitrogens with two attached hydrogens (primary N) is 1. The number of nitrogen functional groups attached to an aromatic ring is 1. The van der Waals surface area contributed by atoms with Crippen molar-refractivity contribution in [3.63, 3.8) is 0 Å². The highest BCUT2D eigenvalue weighted by molar-refractivity contribution is 7.16. The predicted molar refractivity (Wildman–Crippen MR) is 169 cm³/mol. The van der Waals surface area contributed by atoms with Gasteiger partial charge in [0.1, 0.15) is 16.9 Å². The average molecular weight is 614 g/mol. The molecule has 4 aromatic heterocycles. The predicted octanol–water partition coefficient (Wildman–Crippen LogP) is 4.43. The second-order valence-electron chi connectivity index (χ2n) is 13.3. The summed E-state index contributed by atoms with van der Waals surface area (Å²) in [4.78, 5) is 16.3. The lowest BCUT2D eigenvalue weighted by Gasteiger charge is -2.39. The molecule has 0 saturated carbocycles. The highest BCUT2D eigenvalue weighted by Crippen LogP contribution is 2.55. The van der Waals surface area contributed by atoms with Crippen LogP contribution in [0.1, 0.15) is 85.2 Å². The number of rotatable bonds is 5. The number of anilines is 2. The molecule has 0 bridgehead atoms. The molecule has 4 atom stereocenters. The third kappa shape index (κ3) is 4.05. The Labute approximate surface area is 260 Å². The van der Waals surface area contributed by atoms with E-state index in [-0.39, 0.29) is 18.6 Å². The fourth-order valence-corrected chi connectivity index (χ4v) is 9.82. The minimum atomic E-state index is -0.398. The van der Waals surface area contributed by atoms with Crippen molar-refractivity contribution < 1.29 is 9.63 Å². The first-order valence-electron chi connectivity index (χ1n) is 16.1. The highest BCUT2D eigenvalue weighted by Gasteiger charge is 2.49. The maximum Gasteiger partial charge on any atom is 0.186 e. The molecule has 2 saturated heterocycles. The van der Waals surface area contributed by atoms with Crippen LogP contribution in [0.4, 0.5) is 10.8 Å². The number of nitrogens with zero attached hydrogens (tertiary/aromatic N) is 8. The number of likely N-dealkylation sites (N-methyl/N-ethyl adjacent to an activating group) is 1. The molecule has 12 heteroatoms. The second-order valence-corrected chi connectivity index (χ2v) is 14.4. The molecule has 0 amide bonds. The number of aliphatic hydroxyl groups excluding tert-OH is 1. The first-order chi connectivity index (χ1) is 21.4. The maximum absolute atomic E-state index is 10.1. The fourth-order valence-electron chi connectivity index (χ4n) is 8.66. The van der Waals surface area contributed by atoms with Gasteiger partial charge in [0.15, 0.2) is 22.9 Å². The lowest BCUT2D eigenvalue weighted by atomic mass is 9.63. The Kier molecular flexibility index (Phi) is 6.70. The van der Waals surface area contributed by atoms with Crippen LogP contribution < -0.4 is 10.6 Å². The van der Waals surface area contributed by atoms with Crippen molar-refractivity contribution in [2.75, 3.05) is 43.9 Å². The number of nitriles is 1. The standard InChI is InChI=1S/C32H39N9O2S/c1-18(23-7-5-12-39(23)2)41-31-22(15-35-41)30(40-13-9-19(16-40)17-42)36-29(37-31)26-20-6-3-10-32(27(20)43-38-26)11-4-8-24-25(32)21(14-33)28(34)44-24/h15,18-19,23,42H,3-13,16-17,34H2,1-2H3/t18-,19-,23-,32-/m0/s1. The van der Waals surface area contributed by atoms with E-state index in [0.717, 1.165) is 105 Å². The Morgan fingerprint density at radius 2 is 2.05 bits per heavy atom. The summed E-state index contributed by atoms with van der Waals surface area (Å²) in [7, 11) is 2.19. The number of hydrogen-bond acceptors (Lipinski definition) is 11. The minimum absolute atomic E-state index is 0.142. The first kappa shape index (κ1) is 28.0. The van der Waals surface area contributed by atoms with Crippen LogP contribution in [0.5, 0.6) is 0 Å². The number of aliphatic hydroxyl groups is 1. The lowest BCUT2D eigenvalue weighted by molar-refractivity contribution is 0.232. The largest absolute Gasteiger partial charge is 0.396 e. The molecule has 2 fully saturated rings. The molecule has 8 rings (SSSR count).